The largest absolute Gasteiger partial charge is 0.342 e. The van der Waals surface area contributed by atoms with E-state index in [1.807, 2.05) is 12.1 Å². The second-order valence-electron chi connectivity index (χ2n) is 7.18. The Bertz CT molecular complexity index is 515. The van der Waals surface area contributed by atoms with Crippen molar-refractivity contribution in [1.29, 1.82) is 0 Å². The maximum absolute atomic E-state index is 13.0. The summed E-state index contributed by atoms with van der Waals surface area (Å²) in [7, 11) is 2.13. The summed E-state index contributed by atoms with van der Waals surface area (Å²) in [4.78, 5) is 17.0. The van der Waals surface area contributed by atoms with Gasteiger partial charge in [-0.05, 0) is 75.9 Å². The Kier molecular flexibility index (Phi) is 5.31. The molecule has 3 rings (SSSR count). The minimum absolute atomic E-state index is 0.174. The summed E-state index contributed by atoms with van der Waals surface area (Å²) in [5.41, 5.74) is 1.20. The molecule has 0 spiro atoms. The summed E-state index contributed by atoms with van der Waals surface area (Å²) in [5, 5.41) is 0. The number of rotatable bonds is 3. The summed E-state index contributed by atoms with van der Waals surface area (Å²) in [6, 6.07) is 6.83. The number of carbonyl (C=O) groups is 1. The zero-order chi connectivity index (χ0) is 16.2. The summed E-state index contributed by atoms with van der Waals surface area (Å²) in [5.74, 6) is 1.05. The van der Waals surface area contributed by atoms with E-state index >= 15 is 0 Å². The third-order valence-electron chi connectivity index (χ3n) is 5.43. The molecule has 0 saturated carbocycles. The number of carbonyl (C=O) groups excluding carboxylic acids is 1. The Labute approximate surface area is 138 Å². The number of halogens is 1. The number of benzene rings is 1. The quantitative estimate of drug-likeness (QED) is 0.855. The van der Waals surface area contributed by atoms with E-state index in [1.165, 1.54) is 17.7 Å². The molecule has 0 unspecified atom stereocenters. The molecule has 0 N–H and O–H groups in total. The van der Waals surface area contributed by atoms with Gasteiger partial charge in [0.1, 0.15) is 5.82 Å². The Hall–Kier alpha value is -1.42. The monoisotopic (exact) mass is 318 g/mol. The molecule has 3 nitrogen and oxygen atoms in total. The average Bonchev–Trinajstić information content (AvgIpc) is 2.58. The van der Waals surface area contributed by atoms with Crippen LogP contribution in [0.25, 0.3) is 0 Å². The van der Waals surface area contributed by atoms with Crippen LogP contribution in [0, 0.1) is 17.7 Å². The first-order valence-electron chi connectivity index (χ1n) is 8.83. The number of hydrogen-bond donors (Lipinski definition) is 0. The minimum atomic E-state index is -0.174. The van der Waals surface area contributed by atoms with Crippen molar-refractivity contribution >= 4 is 5.91 Å². The number of likely N-dealkylation sites (tertiary alicyclic amines) is 2. The van der Waals surface area contributed by atoms with E-state index in [-0.39, 0.29) is 11.7 Å². The van der Waals surface area contributed by atoms with Gasteiger partial charge in [0.15, 0.2) is 0 Å². The molecule has 0 bridgehead atoms. The predicted molar refractivity (Wildman–Crippen MR) is 89.6 cm³/mol. The number of hydrogen-bond acceptors (Lipinski definition) is 2. The molecule has 0 aliphatic carbocycles. The van der Waals surface area contributed by atoms with E-state index in [4.69, 9.17) is 0 Å². The highest BCUT2D eigenvalue weighted by atomic mass is 19.1. The summed E-state index contributed by atoms with van der Waals surface area (Å²) >= 11 is 0. The van der Waals surface area contributed by atoms with Gasteiger partial charge in [-0.15, -0.1) is 0 Å². The van der Waals surface area contributed by atoms with E-state index < -0.39 is 0 Å². The molecular formula is C19H27FN2O. The van der Waals surface area contributed by atoms with Crippen molar-refractivity contribution in [3.8, 4) is 0 Å². The smallest absolute Gasteiger partial charge is 0.225 e. The lowest BCUT2D eigenvalue weighted by molar-refractivity contribution is -0.138. The SMILES string of the molecule is CN1CCC(C(=O)N2CCC(Cc3ccc(F)cc3)CC2)CC1. The van der Waals surface area contributed by atoms with Crippen LogP contribution in [0.2, 0.25) is 0 Å². The van der Waals surface area contributed by atoms with Gasteiger partial charge in [-0.3, -0.25) is 4.79 Å². The highest BCUT2D eigenvalue weighted by Gasteiger charge is 2.30. The summed E-state index contributed by atoms with van der Waals surface area (Å²) < 4.78 is 13.0. The van der Waals surface area contributed by atoms with Gasteiger partial charge in [0.05, 0.1) is 0 Å². The Morgan fingerprint density at radius 3 is 2.26 bits per heavy atom. The van der Waals surface area contributed by atoms with Crippen LogP contribution < -0.4 is 0 Å². The first-order chi connectivity index (χ1) is 11.1. The minimum Gasteiger partial charge on any atom is -0.342 e. The number of amides is 1. The zero-order valence-electron chi connectivity index (χ0n) is 14.0. The molecule has 2 fully saturated rings. The lowest BCUT2D eigenvalue weighted by atomic mass is 9.88. The molecule has 2 saturated heterocycles. The molecule has 1 aromatic rings. The van der Waals surface area contributed by atoms with Crippen LogP contribution in [-0.4, -0.2) is 48.9 Å². The van der Waals surface area contributed by atoms with E-state index in [0.29, 0.717) is 11.8 Å². The zero-order valence-corrected chi connectivity index (χ0v) is 14.0. The van der Waals surface area contributed by atoms with E-state index in [0.717, 1.165) is 58.3 Å². The Balaban J connectivity index is 1.46. The molecule has 2 aliphatic rings. The summed E-state index contributed by atoms with van der Waals surface area (Å²) in [6.45, 7) is 3.85. The molecule has 0 radical (unpaired) electrons. The standard InChI is InChI=1S/C19H27FN2O/c1-21-10-8-17(9-11-21)19(23)22-12-6-16(7-13-22)14-15-2-4-18(20)5-3-15/h2-5,16-17H,6-14H2,1H3. The van der Waals surface area contributed by atoms with Crippen molar-refractivity contribution in [1.82, 2.24) is 9.80 Å². The van der Waals surface area contributed by atoms with Crippen molar-refractivity contribution < 1.29 is 9.18 Å². The molecule has 2 heterocycles. The van der Waals surface area contributed by atoms with E-state index in [9.17, 15) is 9.18 Å². The van der Waals surface area contributed by atoms with Crippen LogP contribution in [0.15, 0.2) is 24.3 Å². The molecule has 0 aromatic heterocycles. The lowest BCUT2D eigenvalue weighted by Crippen LogP contribution is -2.45. The second-order valence-corrected chi connectivity index (χ2v) is 7.18. The van der Waals surface area contributed by atoms with E-state index in [2.05, 4.69) is 16.8 Å². The van der Waals surface area contributed by atoms with Crippen molar-refractivity contribution in [2.75, 3.05) is 33.2 Å². The highest BCUT2D eigenvalue weighted by Crippen LogP contribution is 2.25. The van der Waals surface area contributed by atoms with Crippen LogP contribution in [0.1, 0.15) is 31.2 Å². The van der Waals surface area contributed by atoms with Gasteiger partial charge >= 0.3 is 0 Å². The third kappa shape index (κ3) is 4.31. The van der Waals surface area contributed by atoms with Gasteiger partial charge in [-0.25, -0.2) is 4.39 Å². The Morgan fingerprint density at radius 2 is 1.65 bits per heavy atom. The van der Waals surface area contributed by atoms with Gasteiger partial charge in [0, 0.05) is 19.0 Å². The maximum Gasteiger partial charge on any atom is 0.225 e. The van der Waals surface area contributed by atoms with Gasteiger partial charge in [-0.2, -0.15) is 0 Å². The molecule has 1 amide bonds. The van der Waals surface area contributed by atoms with Crippen molar-refractivity contribution in [3.05, 3.63) is 35.6 Å². The van der Waals surface area contributed by atoms with Crippen LogP contribution in [0.3, 0.4) is 0 Å². The second kappa shape index (κ2) is 7.43. The van der Waals surface area contributed by atoms with Gasteiger partial charge in [0.2, 0.25) is 5.91 Å². The van der Waals surface area contributed by atoms with Crippen molar-refractivity contribution in [2.45, 2.75) is 32.1 Å². The Morgan fingerprint density at radius 1 is 1.04 bits per heavy atom. The first kappa shape index (κ1) is 16.4. The predicted octanol–water partition coefficient (Wildman–Crippen LogP) is 2.95. The van der Waals surface area contributed by atoms with Crippen molar-refractivity contribution in [2.24, 2.45) is 11.8 Å². The fourth-order valence-electron chi connectivity index (χ4n) is 3.83. The third-order valence-corrected chi connectivity index (χ3v) is 5.43. The molecule has 2 aliphatic heterocycles. The number of nitrogens with zero attached hydrogens (tertiary/aromatic N) is 2. The van der Waals surface area contributed by atoms with Crippen LogP contribution >= 0.6 is 0 Å². The van der Waals surface area contributed by atoms with Gasteiger partial charge in [0.25, 0.3) is 0 Å². The van der Waals surface area contributed by atoms with Gasteiger partial charge in [-0.1, -0.05) is 12.1 Å². The number of piperidine rings is 2. The average molecular weight is 318 g/mol. The molecule has 0 atom stereocenters. The van der Waals surface area contributed by atoms with Crippen LogP contribution in [0.4, 0.5) is 4.39 Å². The molecular weight excluding hydrogens is 291 g/mol. The van der Waals surface area contributed by atoms with Gasteiger partial charge < -0.3 is 9.80 Å². The maximum atomic E-state index is 13.0. The first-order valence-corrected chi connectivity index (χ1v) is 8.83. The fraction of sp³-hybridized carbons (Fsp3) is 0.632. The molecule has 1 aromatic carbocycles. The van der Waals surface area contributed by atoms with Crippen LogP contribution in [0.5, 0.6) is 0 Å². The summed E-state index contributed by atoms with van der Waals surface area (Å²) in [6.07, 6.45) is 5.14. The highest BCUT2D eigenvalue weighted by molar-refractivity contribution is 5.79. The molecule has 23 heavy (non-hydrogen) atoms. The topological polar surface area (TPSA) is 23.6 Å². The molecule has 126 valence electrons. The van der Waals surface area contributed by atoms with E-state index in [1.54, 1.807) is 0 Å². The van der Waals surface area contributed by atoms with Crippen molar-refractivity contribution in [3.63, 3.8) is 0 Å². The molecule has 4 heteroatoms. The normalized spacial score (nSPS) is 21.6. The lowest BCUT2D eigenvalue weighted by Gasteiger charge is -2.36. The fourth-order valence-corrected chi connectivity index (χ4v) is 3.83. The van der Waals surface area contributed by atoms with Crippen LogP contribution in [-0.2, 0) is 11.2 Å².